The maximum Gasteiger partial charge on any atom is 0.0443 e. The van der Waals surface area contributed by atoms with E-state index in [1.54, 1.807) is 24.8 Å². The number of hydrogen-bond acceptors (Lipinski definition) is 2. The maximum absolute atomic E-state index is 4.12. The molecule has 0 heterocycles. The Morgan fingerprint density at radius 1 is 0.619 bits per heavy atom. The van der Waals surface area contributed by atoms with E-state index in [1.807, 2.05) is 55.4 Å². The summed E-state index contributed by atoms with van der Waals surface area (Å²) in [6.07, 6.45) is 7.02. The molecule has 0 rings (SSSR count). The summed E-state index contributed by atoms with van der Waals surface area (Å²) in [6.45, 7) is 16.3. The Morgan fingerprint density at radius 2 is 0.905 bits per heavy atom. The van der Waals surface area contributed by atoms with Crippen molar-refractivity contribution in [2.24, 2.45) is 9.98 Å². The average molecular weight is 339 g/mol. The van der Waals surface area contributed by atoms with Crippen molar-refractivity contribution in [2.75, 3.05) is 0 Å². The van der Waals surface area contributed by atoms with Crippen molar-refractivity contribution in [1.82, 2.24) is 0 Å². The molecular weight excluding hydrogens is 307 g/mol. The summed E-state index contributed by atoms with van der Waals surface area (Å²) in [5.74, 6) is 0. The van der Waals surface area contributed by atoms with E-state index in [1.165, 1.54) is 0 Å². The molecule has 4 nitrogen and oxygen atoms in total. The van der Waals surface area contributed by atoms with Crippen LogP contribution in [0.3, 0.4) is 0 Å². The van der Waals surface area contributed by atoms with Crippen molar-refractivity contribution in [3.05, 3.63) is 23.0 Å². The standard InChI is InChI=1S/2C8H16N2.Co/c2*1-7(2)9-5-6-10-8(3)4;/h2*5-8H,1-4H3;/q;-2;. The minimum atomic E-state index is 0. The van der Waals surface area contributed by atoms with Gasteiger partial charge in [-0.3, -0.25) is 9.98 Å². The van der Waals surface area contributed by atoms with E-state index in [4.69, 9.17) is 0 Å². The SMILES string of the molecule is CC(C)N=CC=NC(C)C.CC(C)[N-]C=C[N-]C(C)C.[Co]. The van der Waals surface area contributed by atoms with Crippen LogP contribution in [0.25, 0.3) is 10.6 Å². The molecule has 21 heavy (non-hydrogen) atoms. The molecule has 0 aliphatic rings. The molecule has 0 fully saturated rings. The molecule has 0 N–H and O–H groups in total. The van der Waals surface area contributed by atoms with Crippen molar-refractivity contribution >= 4 is 12.4 Å². The van der Waals surface area contributed by atoms with Crippen molar-refractivity contribution in [1.29, 1.82) is 0 Å². The van der Waals surface area contributed by atoms with Crippen LogP contribution in [0.15, 0.2) is 22.4 Å². The average Bonchev–Trinajstić information content (AvgIpc) is 2.30. The zero-order valence-electron chi connectivity index (χ0n) is 14.7. The molecular formula is C16H32CoN4-2. The van der Waals surface area contributed by atoms with E-state index >= 15 is 0 Å². The molecule has 0 atom stereocenters. The van der Waals surface area contributed by atoms with Crippen LogP contribution in [0.2, 0.25) is 0 Å². The van der Waals surface area contributed by atoms with Crippen LogP contribution in [0.4, 0.5) is 0 Å². The van der Waals surface area contributed by atoms with Gasteiger partial charge in [0.15, 0.2) is 0 Å². The predicted octanol–water partition coefficient (Wildman–Crippen LogP) is 4.96. The number of hydrogen-bond donors (Lipinski definition) is 0. The maximum atomic E-state index is 4.12. The van der Waals surface area contributed by atoms with Gasteiger partial charge < -0.3 is 10.6 Å². The first kappa shape index (κ1) is 25.2. The van der Waals surface area contributed by atoms with Crippen LogP contribution in [-0.2, 0) is 16.8 Å². The summed E-state index contributed by atoms with van der Waals surface area (Å²) in [5, 5.41) is 8.24. The Bertz CT molecular complexity index is 254. The second-order valence-electron chi connectivity index (χ2n) is 5.57. The summed E-state index contributed by atoms with van der Waals surface area (Å²) < 4.78 is 0. The van der Waals surface area contributed by atoms with E-state index in [0.29, 0.717) is 24.2 Å². The molecule has 0 unspecified atom stereocenters. The van der Waals surface area contributed by atoms with Gasteiger partial charge in [0.05, 0.1) is 0 Å². The van der Waals surface area contributed by atoms with E-state index in [0.717, 1.165) is 0 Å². The third-order valence-electron chi connectivity index (χ3n) is 1.67. The summed E-state index contributed by atoms with van der Waals surface area (Å²) in [6, 6.07) is 1.49. The third kappa shape index (κ3) is 32.6. The zero-order chi connectivity index (χ0) is 16.0. The smallest absolute Gasteiger partial charge is 0.0443 e. The minimum Gasteiger partial charge on any atom is -0.690 e. The Kier molecular flexibility index (Phi) is 20.7. The van der Waals surface area contributed by atoms with Crippen molar-refractivity contribution < 1.29 is 16.8 Å². The second kappa shape index (κ2) is 17.2. The van der Waals surface area contributed by atoms with Crippen LogP contribution < -0.4 is 0 Å². The fourth-order valence-corrected chi connectivity index (χ4v) is 0.842. The molecule has 0 amide bonds. The van der Waals surface area contributed by atoms with Crippen LogP contribution in [0.1, 0.15) is 55.4 Å². The molecule has 0 spiro atoms. The first-order valence-electron chi connectivity index (χ1n) is 7.35. The van der Waals surface area contributed by atoms with Gasteiger partial charge >= 0.3 is 0 Å². The predicted molar refractivity (Wildman–Crippen MR) is 93.4 cm³/mol. The Hall–Kier alpha value is -0.814. The summed E-state index contributed by atoms with van der Waals surface area (Å²) in [7, 11) is 0. The molecule has 0 saturated carbocycles. The Morgan fingerprint density at radius 3 is 1.10 bits per heavy atom. The van der Waals surface area contributed by atoms with E-state index < -0.39 is 0 Å². The molecule has 0 saturated heterocycles. The fraction of sp³-hybridized carbons (Fsp3) is 0.750. The van der Waals surface area contributed by atoms with Gasteiger partial charge in [-0.1, -0.05) is 27.7 Å². The van der Waals surface area contributed by atoms with Gasteiger partial charge in [-0.05, 0) is 27.7 Å². The third-order valence-corrected chi connectivity index (χ3v) is 1.67. The monoisotopic (exact) mass is 339 g/mol. The molecule has 0 aliphatic carbocycles. The number of nitrogens with zero attached hydrogens (tertiary/aromatic N) is 4. The molecule has 0 aromatic rings. The fourth-order valence-electron chi connectivity index (χ4n) is 0.842. The van der Waals surface area contributed by atoms with Crippen molar-refractivity contribution in [2.45, 2.75) is 79.6 Å². The Labute approximate surface area is 142 Å². The van der Waals surface area contributed by atoms with Crippen molar-refractivity contribution in [3.63, 3.8) is 0 Å². The first-order valence-corrected chi connectivity index (χ1v) is 7.35. The van der Waals surface area contributed by atoms with Gasteiger partial charge in [0, 0.05) is 41.3 Å². The number of aliphatic imine (C=N–C) groups is 2. The number of rotatable bonds is 7. The topological polar surface area (TPSA) is 52.9 Å². The summed E-state index contributed by atoms with van der Waals surface area (Å²) in [5.41, 5.74) is 0. The molecule has 127 valence electrons. The molecule has 1 radical (unpaired) electrons. The van der Waals surface area contributed by atoms with Crippen LogP contribution in [-0.4, -0.2) is 36.6 Å². The first-order chi connectivity index (χ1) is 9.25. The molecule has 5 heteroatoms. The van der Waals surface area contributed by atoms with Crippen LogP contribution in [0.5, 0.6) is 0 Å². The Balaban J connectivity index is -0.000000295. The van der Waals surface area contributed by atoms with E-state index in [2.05, 4.69) is 20.6 Å². The molecule has 0 aliphatic heterocycles. The van der Waals surface area contributed by atoms with Gasteiger partial charge in [0.25, 0.3) is 0 Å². The molecule has 0 aromatic carbocycles. The van der Waals surface area contributed by atoms with Gasteiger partial charge in [-0.2, -0.15) is 0 Å². The van der Waals surface area contributed by atoms with Crippen LogP contribution in [0, 0.1) is 0 Å². The summed E-state index contributed by atoms with van der Waals surface area (Å²) >= 11 is 0. The van der Waals surface area contributed by atoms with Gasteiger partial charge in [-0.15, -0.1) is 12.1 Å². The van der Waals surface area contributed by atoms with Gasteiger partial charge in [0.1, 0.15) is 0 Å². The zero-order valence-corrected chi connectivity index (χ0v) is 15.8. The summed E-state index contributed by atoms with van der Waals surface area (Å²) in [4.78, 5) is 8.24. The minimum absolute atomic E-state index is 0. The van der Waals surface area contributed by atoms with Crippen molar-refractivity contribution in [3.8, 4) is 0 Å². The molecule has 0 aromatic heterocycles. The van der Waals surface area contributed by atoms with E-state index in [9.17, 15) is 0 Å². The van der Waals surface area contributed by atoms with Crippen LogP contribution >= 0.6 is 0 Å². The largest absolute Gasteiger partial charge is 0.690 e. The van der Waals surface area contributed by atoms with Gasteiger partial charge in [0.2, 0.25) is 0 Å². The van der Waals surface area contributed by atoms with E-state index in [-0.39, 0.29) is 16.8 Å². The van der Waals surface area contributed by atoms with Gasteiger partial charge in [-0.25, -0.2) is 12.4 Å². The normalized spacial score (nSPS) is 11.6. The second-order valence-corrected chi connectivity index (χ2v) is 5.57. The quantitative estimate of drug-likeness (QED) is 0.589. The molecule has 0 bridgehead atoms.